The Morgan fingerprint density at radius 1 is 1.50 bits per heavy atom. The van der Waals surface area contributed by atoms with Gasteiger partial charge in [-0.15, -0.1) is 6.58 Å². The molecule has 0 atom stereocenters. The first-order valence-electron chi connectivity index (χ1n) is 5.43. The predicted octanol–water partition coefficient (Wildman–Crippen LogP) is 2.02. The molecule has 98 valence electrons. The summed E-state index contributed by atoms with van der Waals surface area (Å²) in [7, 11) is 1.47. The second kappa shape index (κ2) is 6.61. The first kappa shape index (κ1) is 14.0. The number of methoxy groups -OCH3 is 1. The van der Waals surface area contributed by atoms with E-state index in [1.807, 2.05) is 0 Å². The van der Waals surface area contributed by atoms with Crippen LogP contribution in [-0.4, -0.2) is 18.6 Å². The number of nitrogens with zero attached hydrogens (tertiary/aromatic N) is 1. The molecule has 0 aromatic heterocycles. The SMILES string of the molecule is C=CCCOc1cc([N+](=O)[O-])c(CN)cc1OC. The first-order chi connectivity index (χ1) is 8.63. The largest absolute Gasteiger partial charge is 0.493 e. The zero-order valence-corrected chi connectivity index (χ0v) is 10.2. The lowest BCUT2D eigenvalue weighted by Gasteiger charge is -2.11. The number of nitro benzene ring substituents is 1. The molecule has 6 nitrogen and oxygen atoms in total. The van der Waals surface area contributed by atoms with Crippen LogP contribution in [0, 0.1) is 10.1 Å². The molecular formula is C12H16N2O4. The van der Waals surface area contributed by atoms with Gasteiger partial charge in [0.1, 0.15) is 0 Å². The summed E-state index contributed by atoms with van der Waals surface area (Å²) in [6.07, 6.45) is 2.35. The lowest BCUT2D eigenvalue weighted by atomic mass is 10.1. The number of benzene rings is 1. The van der Waals surface area contributed by atoms with Crippen LogP contribution in [0.1, 0.15) is 12.0 Å². The molecule has 0 aliphatic carbocycles. The molecule has 18 heavy (non-hydrogen) atoms. The average Bonchev–Trinajstić information content (AvgIpc) is 2.38. The summed E-state index contributed by atoms with van der Waals surface area (Å²) in [5.74, 6) is 0.772. The quantitative estimate of drug-likeness (QED) is 0.347. The van der Waals surface area contributed by atoms with Gasteiger partial charge in [0.15, 0.2) is 11.5 Å². The molecule has 0 radical (unpaired) electrons. The Morgan fingerprint density at radius 2 is 2.22 bits per heavy atom. The highest BCUT2D eigenvalue weighted by Gasteiger charge is 2.18. The van der Waals surface area contributed by atoms with Gasteiger partial charge in [0.25, 0.3) is 5.69 Å². The van der Waals surface area contributed by atoms with Crippen LogP contribution in [0.3, 0.4) is 0 Å². The van der Waals surface area contributed by atoms with Gasteiger partial charge < -0.3 is 15.2 Å². The summed E-state index contributed by atoms with van der Waals surface area (Å²) in [6.45, 7) is 4.03. The van der Waals surface area contributed by atoms with Crippen LogP contribution in [0.25, 0.3) is 0 Å². The van der Waals surface area contributed by atoms with Crippen molar-refractivity contribution in [2.45, 2.75) is 13.0 Å². The minimum absolute atomic E-state index is 0.0631. The normalized spacial score (nSPS) is 9.89. The zero-order chi connectivity index (χ0) is 13.5. The molecule has 1 aromatic rings. The summed E-state index contributed by atoms with van der Waals surface area (Å²) in [6, 6.07) is 2.87. The Labute approximate surface area is 105 Å². The van der Waals surface area contributed by atoms with Crippen molar-refractivity contribution in [3.8, 4) is 11.5 Å². The van der Waals surface area contributed by atoms with E-state index < -0.39 is 4.92 Å². The van der Waals surface area contributed by atoms with Crippen LogP contribution >= 0.6 is 0 Å². The molecular weight excluding hydrogens is 236 g/mol. The zero-order valence-electron chi connectivity index (χ0n) is 10.2. The molecule has 1 rings (SSSR count). The maximum Gasteiger partial charge on any atom is 0.277 e. The van der Waals surface area contributed by atoms with E-state index in [-0.39, 0.29) is 12.2 Å². The highest BCUT2D eigenvalue weighted by Crippen LogP contribution is 2.34. The number of hydrogen-bond acceptors (Lipinski definition) is 5. The monoisotopic (exact) mass is 252 g/mol. The number of hydrogen-bond donors (Lipinski definition) is 1. The molecule has 2 N–H and O–H groups in total. The van der Waals surface area contributed by atoms with Crippen molar-refractivity contribution in [1.82, 2.24) is 0 Å². The second-order valence-electron chi connectivity index (χ2n) is 3.52. The summed E-state index contributed by atoms with van der Waals surface area (Å²) < 4.78 is 10.5. The van der Waals surface area contributed by atoms with Crippen LogP contribution < -0.4 is 15.2 Å². The van der Waals surface area contributed by atoms with E-state index in [0.717, 1.165) is 0 Å². The average molecular weight is 252 g/mol. The molecule has 0 spiro atoms. The van der Waals surface area contributed by atoms with E-state index in [1.54, 1.807) is 6.08 Å². The molecule has 0 amide bonds. The highest BCUT2D eigenvalue weighted by molar-refractivity contribution is 5.54. The second-order valence-corrected chi connectivity index (χ2v) is 3.52. The van der Waals surface area contributed by atoms with Crippen molar-refractivity contribution in [2.24, 2.45) is 5.73 Å². The molecule has 0 fully saturated rings. The Hall–Kier alpha value is -2.08. The Bertz CT molecular complexity index is 446. The minimum atomic E-state index is -0.484. The van der Waals surface area contributed by atoms with Crippen LogP contribution in [-0.2, 0) is 6.54 Å². The molecule has 0 aliphatic rings. The fraction of sp³-hybridized carbons (Fsp3) is 0.333. The molecule has 0 saturated carbocycles. The molecule has 0 heterocycles. The lowest BCUT2D eigenvalue weighted by molar-refractivity contribution is -0.385. The van der Waals surface area contributed by atoms with Gasteiger partial charge in [-0.25, -0.2) is 0 Å². The van der Waals surface area contributed by atoms with Crippen LogP contribution in [0.2, 0.25) is 0 Å². The summed E-state index contributed by atoms with van der Waals surface area (Å²) in [5, 5.41) is 10.9. The van der Waals surface area contributed by atoms with Gasteiger partial charge in [0.2, 0.25) is 0 Å². The minimum Gasteiger partial charge on any atom is -0.493 e. The number of rotatable bonds is 7. The maximum absolute atomic E-state index is 10.9. The van der Waals surface area contributed by atoms with E-state index in [0.29, 0.717) is 30.1 Å². The number of nitro groups is 1. The number of nitrogens with two attached hydrogens (primary N) is 1. The van der Waals surface area contributed by atoms with E-state index in [2.05, 4.69) is 6.58 Å². The smallest absolute Gasteiger partial charge is 0.277 e. The van der Waals surface area contributed by atoms with Crippen LogP contribution in [0.15, 0.2) is 24.8 Å². The Balaban J connectivity index is 3.10. The van der Waals surface area contributed by atoms with Crippen molar-refractivity contribution < 1.29 is 14.4 Å². The predicted molar refractivity (Wildman–Crippen MR) is 67.8 cm³/mol. The Morgan fingerprint density at radius 3 is 2.72 bits per heavy atom. The van der Waals surface area contributed by atoms with Gasteiger partial charge in [0.05, 0.1) is 24.7 Å². The third-order valence-corrected chi connectivity index (χ3v) is 2.36. The van der Waals surface area contributed by atoms with Crippen LogP contribution in [0.5, 0.6) is 11.5 Å². The van der Waals surface area contributed by atoms with Gasteiger partial charge in [-0.1, -0.05) is 6.08 Å². The van der Waals surface area contributed by atoms with Gasteiger partial charge in [0, 0.05) is 12.1 Å². The summed E-state index contributed by atoms with van der Waals surface area (Å²) >= 11 is 0. The van der Waals surface area contributed by atoms with E-state index in [4.69, 9.17) is 15.2 Å². The van der Waals surface area contributed by atoms with Gasteiger partial charge in [-0.05, 0) is 12.5 Å². The highest BCUT2D eigenvalue weighted by atomic mass is 16.6. The van der Waals surface area contributed by atoms with E-state index >= 15 is 0 Å². The van der Waals surface area contributed by atoms with Crippen molar-refractivity contribution in [2.75, 3.05) is 13.7 Å². The van der Waals surface area contributed by atoms with Gasteiger partial charge >= 0.3 is 0 Å². The van der Waals surface area contributed by atoms with E-state index in [1.165, 1.54) is 19.2 Å². The standard InChI is InChI=1S/C12H16N2O4/c1-3-4-5-18-12-7-10(14(15)16)9(8-13)6-11(12)17-2/h3,6-7H,1,4-5,8,13H2,2H3. The fourth-order valence-corrected chi connectivity index (χ4v) is 1.45. The van der Waals surface area contributed by atoms with Crippen molar-refractivity contribution in [3.63, 3.8) is 0 Å². The molecule has 6 heteroatoms. The summed E-state index contributed by atoms with van der Waals surface area (Å²) in [5.41, 5.74) is 5.82. The molecule has 0 bridgehead atoms. The van der Waals surface area contributed by atoms with Crippen molar-refractivity contribution >= 4 is 5.69 Å². The van der Waals surface area contributed by atoms with Crippen molar-refractivity contribution in [1.29, 1.82) is 0 Å². The molecule has 0 aliphatic heterocycles. The fourth-order valence-electron chi connectivity index (χ4n) is 1.45. The van der Waals surface area contributed by atoms with Crippen molar-refractivity contribution in [3.05, 3.63) is 40.5 Å². The third-order valence-electron chi connectivity index (χ3n) is 2.36. The first-order valence-corrected chi connectivity index (χ1v) is 5.43. The third kappa shape index (κ3) is 3.21. The molecule has 0 saturated heterocycles. The molecule has 1 aromatic carbocycles. The topological polar surface area (TPSA) is 87.6 Å². The molecule has 0 unspecified atom stereocenters. The van der Waals surface area contributed by atoms with Gasteiger partial charge in [-0.3, -0.25) is 10.1 Å². The number of ether oxygens (including phenoxy) is 2. The maximum atomic E-state index is 10.9. The van der Waals surface area contributed by atoms with Gasteiger partial charge in [-0.2, -0.15) is 0 Å². The Kier molecular flexibility index (Phi) is 5.13. The van der Waals surface area contributed by atoms with E-state index in [9.17, 15) is 10.1 Å². The van der Waals surface area contributed by atoms with Crippen LogP contribution in [0.4, 0.5) is 5.69 Å². The summed E-state index contributed by atoms with van der Waals surface area (Å²) in [4.78, 5) is 10.4. The lowest BCUT2D eigenvalue weighted by Crippen LogP contribution is -2.05.